The second-order valence-electron chi connectivity index (χ2n) is 8.69. The van der Waals surface area contributed by atoms with E-state index in [-0.39, 0.29) is 5.91 Å². The third kappa shape index (κ3) is 3.78. The van der Waals surface area contributed by atoms with Crippen LogP contribution in [-0.4, -0.2) is 56.7 Å². The number of carbonyl (C=O) groups excluding carboxylic acids is 1. The average Bonchev–Trinajstić information content (AvgIpc) is 3.38. The average molecular weight is 459 g/mol. The molecule has 2 aliphatic rings. The Morgan fingerprint density at radius 2 is 1.73 bits per heavy atom. The van der Waals surface area contributed by atoms with Crippen molar-refractivity contribution in [2.75, 3.05) is 31.1 Å². The summed E-state index contributed by atoms with van der Waals surface area (Å²) in [4.78, 5) is 27.9. The minimum absolute atomic E-state index is 0.0634. The van der Waals surface area contributed by atoms with Crippen LogP contribution in [-0.2, 0) is 12.8 Å². The second kappa shape index (κ2) is 8.59. The van der Waals surface area contributed by atoms with Crippen LogP contribution in [0.15, 0.2) is 48.7 Å². The molecule has 6 rings (SSSR count). The standard InChI is InChI=1S/C25H26N6OS/c32-24(29-14-16-30(17-15-29)25-27-20-11-7-13-26-23(20)33-25)22-19-10-5-2-6-12-21(19)31(28-22)18-8-3-1-4-9-18/h1,3-4,7-9,11,13H,2,5-6,10,12,14-17H2. The summed E-state index contributed by atoms with van der Waals surface area (Å²) in [6.07, 6.45) is 7.18. The molecule has 1 aromatic carbocycles. The van der Waals surface area contributed by atoms with E-state index >= 15 is 0 Å². The van der Waals surface area contributed by atoms with Gasteiger partial charge in [-0.2, -0.15) is 5.10 Å². The van der Waals surface area contributed by atoms with E-state index in [1.807, 2.05) is 39.9 Å². The normalized spacial score (nSPS) is 16.6. The highest BCUT2D eigenvalue weighted by atomic mass is 32.1. The van der Waals surface area contributed by atoms with Gasteiger partial charge in [0.2, 0.25) is 0 Å². The summed E-state index contributed by atoms with van der Waals surface area (Å²) in [5.41, 5.74) is 4.98. The van der Waals surface area contributed by atoms with Crippen LogP contribution in [0.3, 0.4) is 0 Å². The van der Waals surface area contributed by atoms with Gasteiger partial charge >= 0.3 is 0 Å². The molecule has 3 aromatic heterocycles. The maximum absolute atomic E-state index is 13.6. The number of piperazine rings is 1. The molecule has 0 atom stereocenters. The van der Waals surface area contributed by atoms with Crippen LogP contribution in [0.1, 0.15) is 41.0 Å². The van der Waals surface area contributed by atoms with Crippen LogP contribution in [0.25, 0.3) is 16.0 Å². The Kier molecular flexibility index (Phi) is 5.30. The van der Waals surface area contributed by atoms with Crippen LogP contribution in [0, 0.1) is 0 Å². The third-order valence-electron chi connectivity index (χ3n) is 6.63. The van der Waals surface area contributed by atoms with Gasteiger partial charge in [-0.1, -0.05) is 36.0 Å². The van der Waals surface area contributed by atoms with Crippen molar-refractivity contribution in [2.24, 2.45) is 0 Å². The molecule has 0 radical (unpaired) electrons. The van der Waals surface area contributed by atoms with Crippen LogP contribution in [0.2, 0.25) is 0 Å². The number of pyridine rings is 1. The lowest BCUT2D eigenvalue weighted by atomic mass is 10.1. The summed E-state index contributed by atoms with van der Waals surface area (Å²) in [6.45, 7) is 2.89. The van der Waals surface area contributed by atoms with Gasteiger partial charge in [0, 0.05) is 43.6 Å². The van der Waals surface area contributed by atoms with Gasteiger partial charge < -0.3 is 9.80 Å². The number of hydrogen-bond donors (Lipinski definition) is 0. The minimum Gasteiger partial charge on any atom is -0.344 e. The van der Waals surface area contributed by atoms with Crippen molar-refractivity contribution in [3.8, 4) is 5.69 Å². The van der Waals surface area contributed by atoms with Crippen molar-refractivity contribution in [3.63, 3.8) is 0 Å². The molecule has 33 heavy (non-hydrogen) atoms. The quantitative estimate of drug-likeness (QED) is 0.432. The molecule has 168 valence electrons. The molecule has 0 spiro atoms. The Morgan fingerprint density at radius 3 is 2.55 bits per heavy atom. The van der Waals surface area contributed by atoms with Crippen LogP contribution >= 0.6 is 11.3 Å². The number of carbonyl (C=O) groups is 1. The van der Waals surface area contributed by atoms with E-state index in [2.05, 4.69) is 22.0 Å². The molecule has 4 heterocycles. The maximum atomic E-state index is 13.6. The third-order valence-corrected chi connectivity index (χ3v) is 7.67. The van der Waals surface area contributed by atoms with E-state index in [0.717, 1.165) is 65.5 Å². The smallest absolute Gasteiger partial charge is 0.274 e. The van der Waals surface area contributed by atoms with Crippen molar-refractivity contribution >= 4 is 32.7 Å². The number of rotatable bonds is 3. The first kappa shape index (κ1) is 20.4. The largest absolute Gasteiger partial charge is 0.344 e. The second-order valence-corrected chi connectivity index (χ2v) is 9.64. The summed E-state index contributed by atoms with van der Waals surface area (Å²) in [6, 6.07) is 14.1. The fourth-order valence-electron chi connectivity index (χ4n) is 4.87. The summed E-state index contributed by atoms with van der Waals surface area (Å²) in [5.74, 6) is 0.0634. The highest BCUT2D eigenvalue weighted by Gasteiger charge is 2.30. The summed E-state index contributed by atoms with van der Waals surface area (Å²) in [7, 11) is 0. The van der Waals surface area contributed by atoms with Crippen LogP contribution in [0.5, 0.6) is 0 Å². The monoisotopic (exact) mass is 458 g/mol. The number of aromatic nitrogens is 4. The molecule has 1 aliphatic heterocycles. The van der Waals surface area contributed by atoms with E-state index < -0.39 is 0 Å². The van der Waals surface area contributed by atoms with Gasteiger partial charge in [-0.05, 0) is 49.9 Å². The summed E-state index contributed by atoms with van der Waals surface area (Å²) >= 11 is 1.62. The van der Waals surface area contributed by atoms with E-state index in [1.165, 1.54) is 12.1 Å². The Bertz CT molecular complexity index is 1260. The summed E-state index contributed by atoms with van der Waals surface area (Å²) in [5, 5.41) is 5.86. The lowest BCUT2D eigenvalue weighted by molar-refractivity contribution is 0.0739. The van der Waals surface area contributed by atoms with Gasteiger partial charge in [0.1, 0.15) is 10.3 Å². The molecule has 1 amide bonds. The molecule has 4 aromatic rings. The molecule has 1 saturated heterocycles. The Morgan fingerprint density at radius 1 is 0.909 bits per heavy atom. The van der Waals surface area contributed by atoms with Crippen LogP contribution < -0.4 is 4.90 Å². The topological polar surface area (TPSA) is 67.2 Å². The van der Waals surface area contributed by atoms with Gasteiger partial charge in [-0.15, -0.1) is 0 Å². The van der Waals surface area contributed by atoms with E-state index in [9.17, 15) is 4.79 Å². The van der Waals surface area contributed by atoms with Crippen molar-refractivity contribution in [1.82, 2.24) is 24.6 Å². The molecule has 8 heteroatoms. The Labute approximate surface area is 196 Å². The molecule has 0 unspecified atom stereocenters. The van der Waals surface area contributed by atoms with Gasteiger partial charge in [-0.3, -0.25) is 4.79 Å². The zero-order chi connectivity index (χ0) is 22.2. The number of para-hydroxylation sites is 1. The molecule has 1 aliphatic carbocycles. The number of fused-ring (bicyclic) bond motifs is 2. The molecule has 0 N–H and O–H groups in total. The van der Waals surface area contributed by atoms with Crippen molar-refractivity contribution in [3.05, 3.63) is 65.6 Å². The number of anilines is 1. The van der Waals surface area contributed by atoms with E-state index in [4.69, 9.17) is 10.1 Å². The SMILES string of the molecule is O=C(c1nn(-c2ccccc2)c2c1CCCCC2)N1CCN(c2nc3cccnc3s2)CC1. The highest BCUT2D eigenvalue weighted by molar-refractivity contribution is 7.21. The zero-order valence-electron chi connectivity index (χ0n) is 18.5. The van der Waals surface area contributed by atoms with Crippen LogP contribution in [0.4, 0.5) is 5.13 Å². The summed E-state index contributed by atoms with van der Waals surface area (Å²) < 4.78 is 2.01. The lowest BCUT2D eigenvalue weighted by Crippen LogP contribution is -2.49. The first-order chi connectivity index (χ1) is 16.3. The predicted octanol–water partition coefficient (Wildman–Crippen LogP) is 4.11. The van der Waals surface area contributed by atoms with E-state index in [1.54, 1.807) is 17.5 Å². The number of amides is 1. The molecule has 0 saturated carbocycles. The van der Waals surface area contributed by atoms with Gasteiger partial charge in [0.15, 0.2) is 10.8 Å². The van der Waals surface area contributed by atoms with Crippen molar-refractivity contribution in [2.45, 2.75) is 32.1 Å². The molecule has 1 fully saturated rings. The zero-order valence-corrected chi connectivity index (χ0v) is 19.3. The molecular formula is C25H26N6OS. The number of thiazole rings is 1. The van der Waals surface area contributed by atoms with Crippen molar-refractivity contribution < 1.29 is 4.79 Å². The van der Waals surface area contributed by atoms with E-state index in [0.29, 0.717) is 18.8 Å². The van der Waals surface area contributed by atoms with Gasteiger partial charge in [-0.25, -0.2) is 14.6 Å². The molecule has 0 bridgehead atoms. The predicted molar refractivity (Wildman–Crippen MR) is 130 cm³/mol. The Hall–Kier alpha value is -3.26. The number of nitrogens with zero attached hydrogens (tertiary/aromatic N) is 6. The fraction of sp³-hybridized carbons (Fsp3) is 0.360. The number of benzene rings is 1. The van der Waals surface area contributed by atoms with Gasteiger partial charge in [0.05, 0.1) is 5.69 Å². The van der Waals surface area contributed by atoms with Crippen molar-refractivity contribution in [1.29, 1.82) is 0 Å². The van der Waals surface area contributed by atoms with Gasteiger partial charge in [0.25, 0.3) is 5.91 Å². The lowest BCUT2D eigenvalue weighted by Gasteiger charge is -2.34. The highest BCUT2D eigenvalue weighted by Crippen LogP contribution is 2.29. The minimum atomic E-state index is 0.0634. The molecule has 7 nitrogen and oxygen atoms in total. The molecular weight excluding hydrogens is 432 g/mol. The Balaban J connectivity index is 1.24. The maximum Gasteiger partial charge on any atom is 0.274 e. The first-order valence-electron chi connectivity index (χ1n) is 11.7. The first-order valence-corrected chi connectivity index (χ1v) is 12.5. The number of hydrogen-bond acceptors (Lipinski definition) is 6. The fourth-order valence-corrected chi connectivity index (χ4v) is 5.83.